The van der Waals surface area contributed by atoms with Gasteiger partial charge in [0.15, 0.2) is 0 Å². The van der Waals surface area contributed by atoms with E-state index in [0.29, 0.717) is 5.56 Å². The highest BCUT2D eigenvalue weighted by molar-refractivity contribution is 5.90. The molecule has 0 aliphatic rings. The second-order valence-corrected chi connectivity index (χ2v) is 4.31. The van der Waals surface area contributed by atoms with Gasteiger partial charge in [-0.1, -0.05) is 6.07 Å². The number of carboxylic acid groups (broad SMARTS) is 1. The second-order valence-electron chi connectivity index (χ2n) is 4.31. The van der Waals surface area contributed by atoms with Crippen LogP contribution in [0.25, 0.3) is 0 Å². The number of carboxylic acids is 1. The SMILES string of the molecule is Cc1ccc(F)cc1COc1cc(F)ccc1C(=O)O. The molecule has 104 valence electrons. The number of rotatable bonds is 4. The summed E-state index contributed by atoms with van der Waals surface area (Å²) in [4.78, 5) is 11.0. The molecule has 0 bridgehead atoms. The first-order chi connectivity index (χ1) is 9.47. The third-order valence-electron chi connectivity index (χ3n) is 2.87. The van der Waals surface area contributed by atoms with Crippen LogP contribution in [0.1, 0.15) is 21.5 Å². The summed E-state index contributed by atoms with van der Waals surface area (Å²) >= 11 is 0. The smallest absolute Gasteiger partial charge is 0.339 e. The van der Waals surface area contributed by atoms with Crippen molar-refractivity contribution in [2.45, 2.75) is 13.5 Å². The first-order valence-corrected chi connectivity index (χ1v) is 5.88. The van der Waals surface area contributed by atoms with Crippen LogP contribution in [0.2, 0.25) is 0 Å². The first-order valence-electron chi connectivity index (χ1n) is 5.88. The maximum Gasteiger partial charge on any atom is 0.339 e. The number of hydrogen-bond acceptors (Lipinski definition) is 2. The van der Waals surface area contributed by atoms with Gasteiger partial charge >= 0.3 is 5.97 Å². The van der Waals surface area contributed by atoms with Gasteiger partial charge in [0.2, 0.25) is 0 Å². The quantitative estimate of drug-likeness (QED) is 0.930. The molecule has 0 amide bonds. The summed E-state index contributed by atoms with van der Waals surface area (Å²) in [7, 11) is 0. The molecule has 1 N–H and O–H groups in total. The Morgan fingerprint density at radius 1 is 1.15 bits per heavy atom. The monoisotopic (exact) mass is 278 g/mol. The van der Waals surface area contributed by atoms with Gasteiger partial charge in [-0.15, -0.1) is 0 Å². The molecule has 0 aliphatic carbocycles. The number of ether oxygens (including phenoxy) is 1. The molecule has 0 saturated carbocycles. The number of carbonyl (C=O) groups is 1. The molecule has 0 spiro atoms. The number of aryl methyl sites for hydroxylation is 1. The van der Waals surface area contributed by atoms with Gasteiger partial charge in [0.05, 0.1) is 0 Å². The van der Waals surface area contributed by atoms with E-state index in [1.165, 1.54) is 12.1 Å². The highest BCUT2D eigenvalue weighted by Gasteiger charge is 2.13. The molecule has 0 atom stereocenters. The van der Waals surface area contributed by atoms with E-state index in [2.05, 4.69) is 0 Å². The Kier molecular flexibility index (Phi) is 3.98. The molecule has 2 aromatic carbocycles. The van der Waals surface area contributed by atoms with E-state index in [1.807, 2.05) is 0 Å². The molecule has 0 aromatic heterocycles. The predicted octanol–water partition coefficient (Wildman–Crippen LogP) is 3.55. The Morgan fingerprint density at radius 2 is 1.80 bits per heavy atom. The molecule has 3 nitrogen and oxygen atoms in total. The molecular weight excluding hydrogens is 266 g/mol. The Bertz CT molecular complexity index is 654. The van der Waals surface area contributed by atoms with Crippen molar-refractivity contribution in [3.8, 4) is 5.75 Å². The van der Waals surface area contributed by atoms with Crippen molar-refractivity contribution in [3.63, 3.8) is 0 Å². The third-order valence-corrected chi connectivity index (χ3v) is 2.87. The van der Waals surface area contributed by atoms with Gasteiger partial charge in [0.25, 0.3) is 0 Å². The number of aromatic carboxylic acids is 1. The molecule has 0 aliphatic heterocycles. The Labute approximate surface area is 114 Å². The number of benzene rings is 2. The predicted molar refractivity (Wildman–Crippen MR) is 68.8 cm³/mol. The van der Waals surface area contributed by atoms with E-state index in [0.717, 1.165) is 23.8 Å². The lowest BCUT2D eigenvalue weighted by Crippen LogP contribution is -2.05. The van der Waals surface area contributed by atoms with Crippen LogP contribution in [0.3, 0.4) is 0 Å². The molecule has 0 radical (unpaired) electrons. The molecule has 20 heavy (non-hydrogen) atoms. The standard InChI is InChI=1S/C15H12F2O3/c1-9-2-3-11(16)6-10(9)8-20-14-7-12(17)4-5-13(14)15(18)19/h2-7H,8H2,1H3,(H,18,19). The topological polar surface area (TPSA) is 46.5 Å². The Hall–Kier alpha value is -2.43. The van der Waals surface area contributed by atoms with Crippen LogP contribution >= 0.6 is 0 Å². The third kappa shape index (κ3) is 3.12. The van der Waals surface area contributed by atoms with Gasteiger partial charge in [-0.25, -0.2) is 13.6 Å². The van der Waals surface area contributed by atoms with Gasteiger partial charge in [0, 0.05) is 6.07 Å². The Morgan fingerprint density at radius 3 is 2.50 bits per heavy atom. The van der Waals surface area contributed by atoms with Gasteiger partial charge in [-0.3, -0.25) is 0 Å². The van der Waals surface area contributed by atoms with Crippen molar-refractivity contribution < 1.29 is 23.4 Å². The van der Waals surface area contributed by atoms with Crippen molar-refractivity contribution >= 4 is 5.97 Å². The van der Waals surface area contributed by atoms with E-state index in [-0.39, 0.29) is 17.9 Å². The van der Waals surface area contributed by atoms with Crippen LogP contribution < -0.4 is 4.74 Å². The molecule has 5 heteroatoms. The average molecular weight is 278 g/mol. The Balaban J connectivity index is 2.24. The number of hydrogen-bond donors (Lipinski definition) is 1. The van der Waals surface area contributed by atoms with Gasteiger partial charge in [-0.2, -0.15) is 0 Å². The van der Waals surface area contributed by atoms with Crippen LogP contribution in [0.5, 0.6) is 5.75 Å². The van der Waals surface area contributed by atoms with E-state index in [1.54, 1.807) is 13.0 Å². The summed E-state index contributed by atoms with van der Waals surface area (Å²) in [6, 6.07) is 7.39. The lowest BCUT2D eigenvalue weighted by molar-refractivity contribution is 0.0691. The van der Waals surface area contributed by atoms with Crippen LogP contribution in [0.4, 0.5) is 8.78 Å². The summed E-state index contributed by atoms with van der Waals surface area (Å²) in [5, 5.41) is 8.99. The zero-order chi connectivity index (χ0) is 14.7. The fourth-order valence-corrected chi connectivity index (χ4v) is 1.74. The zero-order valence-corrected chi connectivity index (χ0v) is 10.7. The largest absolute Gasteiger partial charge is 0.488 e. The number of halogens is 2. The molecule has 0 fully saturated rings. The molecule has 0 saturated heterocycles. The van der Waals surface area contributed by atoms with Crippen molar-refractivity contribution in [1.82, 2.24) is 0 Å². The molecule has 2 rings (SSSR count). The maximum atomic E-state index is 13.1. The minimum absolute atomic E-state index is 0.0344. The van der Waals surface area contributed by atoms with E-state index < -0.39 is 17.6 Å². The van der Waals surface area contributed by atoms with Crippen molar-refractivity contribution in [3.05, 3.63) is 64.7 Å². The van der Waals surface area contributed by atoms with Gasteiger partial charge in [0.1, 0.15) is 29.6 Å². The highest BCUT2D eigenvalue weighted by Crippen LogP contribution is 2.22. The van der Waals surface area contributed by atoms with E-state index >= 15 is 0 Å². The summed E-state index contributed by atoms with van der Waals surface area (Å²) < 4.78 is 31.6. The maximum absolute atomic E-state index is 13.1. The van der Waals surface area contributed by atoms with Gasteiger partial charge in [-0.05, 0) is 42.3 Å². The molecule has 2 aromatic rings. The summed E-state index contributed by atoms with van der Waals surface area (Å²) in [6.07, 6.45) is 0. The van der Waals surface area contributed by atoms with Crippen LogP contribution in [0.15, 0.2) is 36.4 Å². The molecule has 0 heterocycles. The fourth-order valence-electron chi connectivity index (χ4n) is 1.74. The highest BCUT2D eigenvalue weighted by atomic mass is 19.1. The van der Waals surface area contributed by atoms with Crippen molar-refractivity contribution in [2.24, 2.45) is 0 Å². The summed E-state index contributed by atoms with van der Waals surface area (Å²) in [6.45, 7) is 1.75. The lowest BCUT2D eigenvalue weighted by atomic mass is 10.1. The van der Waals surface area contributed by atoms with Crippen molar-refractivity contribution in [1.29, 1.82) is 0 Å². The average Bonchev–Trinajstić information content (AvgIpc) is 2.39. The second kappa shape index (κ2) is 5.69. The van der Waals surface area contributed by atoms with E-state index in [4.69, 9.17) is 9.84 Å². The molecule has 0 unspecified atom stereocenters. The fraction of sp³-hybridized carbons (Fsp3) is 0.133. The van der Waals surface area contributed by atoms with Gasteiger partial charge < -0.3 is 9.84 Å². The minimum Gasteiger partial charge on any atom is -0.488 e. The van der Waals surface area contributed by atoms with Crippen molar-refractivity contribution in [2.75, 3.05) is 0 Å². The first kappa shape index (κ1) is 14.0. The van der Waals surface area contributed by atoms with Crippen LogP contribution in [0, 0.1) is 18.6 Å². The zero-order valence-electron chi connectivity index (χ0n) is 10.7. The summed E-state index contributed by atoms with van der Waals surface area (Å²) in [5.74, 6) is -2.30. The van der Waals surface area contributed by atoms with Crippen LogP contribution in [-0.4, -0.2) is 11.1 Å². The normalized spacial score (nSPS) is 10.3. The lowest BCUT2D eigenvalue weighted by Gasteiger charge is -2.11. The molecular formula is C15H12F2O3. The van der Waals surface area contributed by atoms with Crippen LogP contribution in [-0.2, 0) is 6.61 Å². The summed E-state index contributed by atoms with van der Waals surface area (Å²) in [5.41, 5.74) is 1.24. The van der Waals surface area contributed by atoms with E-state index in [9.17, 15) is 13.6 Å². The minimum atomic E-state index is -1.21.